The fourth-order valence-electron chi connectivity index (χ4n) is 5.01. The van der Waals surface area contributed by atoms with Crippen molar-refractivity contribution in [2.24, 2.45) is 4.99 Å². The van der Waals surface area contributed by atoms with Gasteiger partial charge in [0.05, 0.1) is 13.2 Å². The van der Waals surface area contributed by atoms with E-state index < -0.39 is 0 Å². The van der Waals surface area contributed by atoms with Crippen LogP contribution in [0.15, 0.2) is 35.3 Å². The Balaban J connectivity index is 1.30. The molecule has 0 aromatic heterocycles. The SMILES string of the molecule is CN=C(NCC1(N2CCOCC2)CCSC1)NC1CC(C)N(Cc2ccccc2)C1. The number of guanidine groups is 1. The van der Waals surface area contributed by atoms with Gasteiger partial charge in [0.1, 0.15) is 0 Å². The third-order valence-corrected chi connectivity index (χ3v) is 8.08. The molecule has 3 aliphatic heterocycles. The van der Waals surface area contributed by atoms with Gasteiger partial charge in [-0.05, 0) is 31.1 Å². The van der Waals surface area contributed by atoms with Crippen LogP contribution in [0, 0.1) is 0 Å². The van der Waals surface area contributed by atoms with Crippen LogP contribution < -0.4 is 10.6 Å². The van der Waals surface area contributed by atoms with Gasteiger partial charge in [0, 0.05) is 63.1 Å². The van der Waals surface area contributed by atoms with Crippen molar-refractivity contribution >= 4 is 17.7 Å². The standard InChI is InChI=1S/C23H37N5OS/c1-19-14-21(16-27(19)15-20-6-4-3-5-7-20)26-22(24-2)25-17-23(8-13-30-18-23)28-9-11-29-12-10-28/h3-7,19,21H,8-18H2,1-2H3,(H2,24,25,26). The number of ether oxygens (including phenoxy) is 1. The molecule has 3 aliphatic rings. The van der Waals surface area contributed by atoms with Crippen LogP contribution in [0.5, 0.6) is 0 Å². The molecule has 4 rings (SSSR count). The second kappa shape index (κ2) is 10.4. The molecule has 0 bridgehead atoms. The Morgan fingerprint density at radius 2 is 2.07 bits per heavy atom. The summed E-state index contributed by atoms with van der Waals surface area (Å²) in [5.74, 6) is 3.39. The molecule has 0 radical (unpaired) electrons. The first kappa shape index (κ1) is 21.9. The summed E-state index contributed by atoms with van der Waals surface area (Å²) in [5.41, 5.74) is 1.62. The van der Waals surface area contributed by atoms with Crippen molar-refractivity contribution in [1.82, 2.24) is 20.4 Å². The third-order valence-electron chi connectivity index (χ3n) is 6.85. The van der Waals surface area contributed by atoms with Crippen molar-refractivity contribution < 1.29 is 4.74 Å². The highest BCUT2D eigenvalue weighted by Crippen LogP contribution is 2.33. The maximum atomic E-state index is 5.59. The van der Waals surface area contributed by atoms with Crippen LogP contribution in [0.1, 0.15) is 25.3 Å². The van der Waals surface area contributed by atoms with E-state index in [1.165, 1.54) is 23.5 Å². The number of hydrogen-bond acceptors (Lipinski definition) is 5. The number of benzene rings is 1. The van der Waals surface area contributed by atoms with Crippen LogP contribution in [0.4, 0.5) is 0 Å². The highest BCUT2D eigenvalue weighted by atomic mass is 32.2. The van der Waals surface area contributed by atoms with Crippen LogP contribution in [-0.4, -0.2) is 91.3 Å². The van der Waals surface area contributed by atoms with Gasteiger partial charge >= 0.3 is 0 Å². The van der Waals surface area contributed by atoms with E-state index in [1.807, 2.05) is 7.05 Å². The average molecular weight is 432 g/mol. The number of morpholine rings is 1. The molecule has 1 aromatic carbocycles. The van der Waals surface area contributed by atoms with Crippen LogP contribution in [-0.2, 0) is 11.3 Å². The van der Waals surface area contributed by atoms with E-state index in [-0.39, 0.29) is 5.54 Å². The normalized spacial score (nSPS) is 31.2. The summed E-state index contributed by atoms with van der Waals surface area (Å²) < 4.78 is 5.59. The van der Waals surface area contributed by atoms with E-state index >= 15 is 0 Å². The summed E-state index contributed by atoms with van der Waals surface area (Å²) >= 11 is 2.08. The van der Waals surface area contributed by atoms with Gasteiger partial charge in [-0.1, -0.05) is 30.3 Å². The molecule has 3 fully saturated rings. The summed E-state index contributed by atoms with van der Waals surface area (Å²) in [5, 5.41) is 7.38. The molecule has 30 heavy (non-hydrogen) atoms. The Labute approximate surface area is 185 Å². The van der Waals surface area contributed by atoms with Gasteiger partial charge in [-0.2, -0.15) is 11.8 Å². The van der Waals surface area contributed by atoms with Gasteiger partial charge in [-0.25, -0.2) is 0 Å². The summed E-state index contributed by atoms with van der Waals surface area (Å²) in [4.78, 5) is 9.77. The molecule has 7 heteroatoms. The Kier molecular flexibility index (Phi) is 7.57. The van der Waals surface area contributed by atoms with Gasteiger partial charge in [-0.15, -0.1) is 0 Å². The number of hydrogen-bond donors (Lipinski definition) is 2. The van der Waals surface area contributed by atoms with Gasteiger partial charge < -0.3 is 15.4 Å². The number of rotatable bonds is 6. The zero-order valence-corrected chi connectivity index (χ0v) is 19.3. The molecule has 166 valence electrons. The van der Waals surface area contributed by atoms with E-state index in [1.54, 1.807) is 0 Å². The number of likely N-dealkylation sites (tertiary alicyclic amines) is 1. The second-order valence-corrected chi connectivity index (χ2v) is 10.00. The monoisotopic (exact) mass is 431 g/mol. The molecule has 3 heterocycles. The minimum atomic E-state index is 0.231. The lowest BCUT2D eigenvalue weighted by molar-refractivity contribution is -0.0120. The molecule has 3 unspecified atom stereocenters. The van der Waals surface area contributed by atoms with Crippen LogP contribution in [0.25, 0.3) is 0 Å². The number of aliphatic imine (C=N–C) groups is 1. The van der Waals surface area contributed by atoms with Crippen LogP contribution in [0.2, 0.25) is 0 Å². The topological polar surface area (TPSA) is 52.1 Å². The molecule has 3 saturated heterocycles. The van der Waals surface area contributed by atoms with Crippen molar-refractivity contribution in [1.29, 1.82) is 0 Å². The van der Waals surface area contributed by atoms with Gasteiger partial charge in [0.25, 0.3) is 0 Å². The molecule has 0 saturated carbocycles. The maximum Gasteiger partial charge on any atom is 0.191 e. The fourth-order valence-corrected chi connectivity index (χ4v) is 6.49. The third kappa shape index (κ3) is 5.31. The van der Waals surface area contributed by atoms with E-state index in [9.17, 15) is 0 Å². The quantitative estimate of drug-likeness (QED) is 0.531. The first-order valence-corrected chi connectivity index (χ1v) is 12.5. The van der Waals surface area contributed by atoms with E-state index in [0.29, 0.717) is 12.1 Å². The first-order valence-electron chi connectivity index (χ1n) is 11.3. The van der Waals surface area contributed by atoms with Crippen molar-refractivity contribution in [3.63, 3.8) is 0 Å². The molecule has 6 nitrogen and oxygen atoms in total. The van der Waals surface area contributed by atoms with Crippen molar-refractivity contribution in [3.05, 3.63) is 35.9 Å². The van der Waals surface area contributed by atoms with Crippen molar-refractivity contribution in [2.45, 2.75) is 43.9 Å². The zero-order valence-electron chi connectivity index (χ0n) is 18.5. The lowest BCUT2D eigenvalue weighted by atomic mass is 9.95. The Bertz CT molecular complexity index is 688. The second-order valence-electron chi connectivity index (χ2n) is 8.89. The maximum absolute atomic E-state index is 5.59. The molecule has 2 N–H and O–H groups in total. The lowest BCUT2D eigenvalue weighted by Gasteiger charge is -2.43. The first-order chi connectivity index (χ1) is 14.7. The molecule has 0 aliphatic carbocycles. The van der Waals surface area contributed by atoms with Gasteiger partial charge in [0.15, 0.2) is 5.96 Å². The van der Waals surface area contributed by atoms with Crippen LogP contribution in [0.3, 0.4) is 0 Å². The predicted molar refractivity (Wildman–Crippen MR) is 126 cm³/mol. The predicted octanol–water partition coefficient (Wildman–Crippen LogP) is 2.02. The van der Waals surface area contributed by atoms with Gasteiger partial charge in [0.2, 0.25) is 0 Å². The fraction of sp³-hybridized carbons (Fsp3) is 0.696. The molecule has 0 spiro atoms. The smallest absolute Gasteiger partial charge is 0.191 e. The zero-order chi connectivity index (χ0) is 20.8. The van der Waals surface area contributed by atoms with E-state index in [0.717, 1.165) is 58.3 Å². The molecular weight excluding hydrogens is 394 g/mol. The highest BCUT2D eigenvalue weighted by Gasteiger charge is 2.41. The largest absolute Gasteiger partial charge is 0.379 e. The van der Waals surface area contributed by atoms with E-state index in [4.69, 9.17) is 4.74 Å². The Morgan fingerprint density at radius 1 is 1.27 bits per heavy atom. The molecule has 3 atom stereocenters. The molecule has 1 aromatic rings. The molecule has 0 amide bonds. The number of nitrogens with zero attached hydrogens (tertiary/aromatic N) is 3. The average Bonchev–Trinajstić information content (AvgIpc) is 3.40. The lowest BCUT2D eigenvalue weighted by Crippen LogP contribution is -2.60. The summed E-state index contributed by atoms with van der Waals surface area (Å²) in [6.45, 7) is 9.17. The number of thioether (sulfide) groups is 1. The van der Waals surface area contributed by atoms with Crippen LogP contribution >= 0.6 is 11.8 Å². The minimum Gasteiger partial charge on any atom is -0.379 e. The van der Waals surface area contributed by atoms with Crippen molar-refractivity contribution in [2.75, 3.05) is 57.9 Å². The van der Waals surface area contributed by atoms with E-state index in [2.05, 4.69) is 74.4 Å². The highest BCUT2D eigenvalue weighted by molar-refractivity contribution is 7.99. The van der Waals surface area contributed by atoms with Gasteiger partial charge in [-0.3, -0.25) is 14.8 Å². The Morgan fingerprint density at radius 3 is 2.77 bits per heavy atom. The van der Waals surface area contributed by atoms with Crippen molar-refractivity contribution in [3.8, 4) is 0 Å². The summed E-state index contributed by atoms with van der Waals surface area (Å²) in [6, 6.07) is 11.8. The Hall–Kier alpha value is -1.28. The minimum absolute atomic E-state index is 0.231. The molecular formula is C23H37N5OS. The summed E-state index contributed by atoms with van der Waals surface area (Å²) in [7, 11) is 1.89. The number of nitrogens with one attached hydrogen (secondary N) is 2. The summed E-state index contributed by atoms with van der Waals surface area (Å²) in [6.07, 6.45) is 2.39.